The third kappa shape index (κ3) is 45.1. The highest BCUT2D eigenvalue weighted by atomic mass is 16.6. The van der Waals surface area contributed by atoms with Crippen molar-refractivity contribution in [1.29, 1.82) is 0 Å². The number of rotatable bonds is 46. The molecular weight excluding hydrogens is 709 g/mol. The van der Waals surface area contributed by atoms with Gasteiger partial charge in [0.05, 0.1) is 0 Å². The Kier molecular flexibility index (Phi) is 45.3. The van der Waals surface area contributed by atoms with Crippen LogP contribution in [0.3, 0.4) is 0 Å². The molecule has 0 saturated carbocycles. The van der Waals surface area contributed by atoms with Crippen LogP contribution in [0, 0.1) is 0 Å². The van der Waals surface area contributed by atoms with Gasteiger partial charge in [0, 0.05) is 19.3 Å². The van der Waals surface area contributed by atoms with Crippen molar-refractivity contribution in [2.24, 2.45) is 0 Å². The van der Waals surface area contributed by atoms with E-state index >= 15 is 0 Å². The van der Waals surface area contributed by atoms with Crippen LogP contribution in [0.2, 0.25) is 0 Å². The number of hydrogen-bond acceptors (Lipinski definition) is 6. The summed E-state index contributed by atoms with van der Waals surface area (Å²) in [5.74, 6) is -0.874. The standard InChI is InChI=1S/C51H96O6/c1-4-7-10-13-16-19-22-24-26-28-29-32-35-38-41-44-50(53)56-47-48(46-55-49(52)43-40-37-34-31-21-18-15-12-9-6-3)57-51(54)45-42-39-36-33-30-27-25-23-20-17-14-11-8-5-2/h27,30,48H,4-26,28-29,31-47H2,1-3H3/b30-27-. The van der Waals surface area contributed by atoms with Gasteiger partial charge in [0.2, 0.25) is 0 Å². The molecule has 0 amide bonds. The third-order valence-electron chi connectivity index (χ3n) is 11.3. The first-order valence-electron chi connectivity index (χ1n) is 25.2. The summed E-state index contributed by atoms with van der Waals surface area (Å²) < 4.78 is 16.8. The molecule has 0 heterocycles. The summed E-state index contributed by atoms with van der Waals surface area (Å²) in [5, 5.41) is 0. The second-order valence-electron chi connectivity index (χ2n) is 17.1. The Morgan fingerprint density at radius 1 is 0.333 bits per heavy atom. The van der Waals surface area contributed by atoms with E-state index in [0.29, 0.717) is 19.3 Å². The molecule has 336 valence electrons. The molecule has 0 aromatic heterocycles. The summed E-state index contributed by atoms with van der Waals surface area (Å²) in [6.45, 7) is 6.64. The van der Waals surface area contributed by atoms with Crippen LogP contribution in [-0.2, 0) is 28.6 Å². The van der Waals surface area contributed by atoms with Crippen molar-refractivity contribution < 1.29 is 28.6 Å². The normalized spacial score (nSPS) is 12.0. The number of ether oxygens (including phenoxy) is 3. The minimum absolute atomic E-state index is 0.0710. The Balaban J connectivity index is 4.33. The Morgan fingerprint density at radius 3 is 0.895 bits per heavy atom. The van der Waals surface area contributed by atoms with E-state index < -0.39 is 6.10 Å². The Bertz CT molecular complexity index is 885. The van der Waals surface area contributed by atoms with Crippen LogP contribution in [0.1, 0.15) is 278 Å². The van der Waals surface area contributed by atoms with Crippen LogP contribution in [-0.4, -0.2) is 37.2 Å². The Morgan fingerprint density at radius 2 is 0.579 bits per heavy atom. The lowest BCUT2D eigenvalue weighted by Gasteiger charge is -2.18. The molecule has 0 rings (SSSR count). The number of unbranched alkanes of at least 4 members (excludes halogenated alkanes) is 33. The topological polar surface area (TPSA) is 78.9 Å². The van der Waals surface area contributed by atoms with Gasteiger partial charge in [0.25, 0.3) is 0 Å². The third-order valence-corrected chi connectivity index (χ3v) is 11.3. The lowest BCUT2D eigenvalue weighted by Crippen LogP contribution is -2.30. The zero-order chi connectivity index (χ0) is 41.5. The summed E-state index contributed by atoms with van der Waals surface area (Å²) in [4.78, 5) is 37.8. The predicted octanol–water partition coefficient (Wildman–Crippen LogP) is 16.2. The quantitative estimate of drug-likeness (QED) is 0.0264. The van der Waals surface area contributed by atoms with Gasteiger partial charge in [-0.3, -0.25) is 14.4 Å². The Hall–Kier alpha value is -1.85. The molecule has 1 atom stereocenters. The van der Waals surface area contributed by atoms with Crippen LogP contribution in [0.25, 0.3) is 0 Å². The highest BCUT2D eigenvalue weighted by Gasteiger charge is 2.19. The van der Waals surface area contributed by atoms with Crippen molar-refractivity contribution in [3.8, 4) is 0 Å². The molecule has 0 spiro atoms. The van der Waals surface area contributed by atoms with Gasteiger partial charge in [-0.1, -0.05) is 226 Å². The highest BCUT2D eigenvalue weighted by Crippen LogP contribution is 2.16. The zero-order valence-electron chi connectivity index (χ0n) is 38.4. The number of carbonyl (C=O) groups excluding carboxylic acids is 3. The molecule has 0 aromatic rings. The number of carbonyl (C=O) groups is 3. The number of hydrogen-bond donors (Lipinski definition) is 0. The van der Waals surface area contributed by atoms with Crippen LogP contribution < -0.4 is 0 Å². The van der Waals surface area contributed by atoms with Crippen molar-refractivity contribution in [3.63, 3.8) is 0 Å². The van der Waals surface area contributed by atoms with Crippen LogP contribution in [0.5, 0.6) is 0 Å². The first-order valence-corrected chi connectivity index (χ1v) is 25.2. The average Bonchev–Trinajstić information content (AvgIpc) is 3.21. The van der Waals surface area contributed by atoms with Crippen LogP contribution >= 0.6 is 0 Å². The van der Waals surface area contributed by atoms with E-state index in [-0.39, 0.29) is 31.1 Å². The lowest BCUT2D eigenvalue weighted by atomic mass is 10.0. The van der Waals surface area contributed by atoms with Crippen molar-refractivity contribution in [2.75, 3.05) is 13.2 Å². The molecule has 0 fully saturated rings. The monoisotopic (exact) mass is 805 g/mol. The second kappa shape index (κ2) is 46.8. The summed E-state index contributed by atoms with van der Waals surface area (Å²) in [7, 11) is 0. The molecule has 6 heteroatoms. The number of esters is 3. The fourth-order valence-electron chi connectivity index (χ4n) is 7.44. The first-order chi connectivity index (χ1) is 28.0. The van der Waals surface area contributed by atoms with E-state index in [4.69, 9.17) is 14.2 Å². The largest absolute Gasteiger partial charge is 0.462 e. The van der Waals surface area contributed by atoms with Gasteiger partial charge in [-0.25, -0.2) is 0 Å². The molecule has 0 aliphatic rings. The lowest BCUT2D eigenvalue weighted by molar-refractivity contribution is -0.167. The van der Waals surface area contributed by atoms with Gasteiger partial charge in [0.15, 0.2) is 6.10 Å². The highest BCUT2D eigenvalue weighted by molar-refractivity contribution is 5.71. The molecule has 1 unspecified atom stereocenters. The van der Waals surface area contributed by atoms with E-state index in [1.165, 1.54) is 167 Å². The van der Waals surface area contributed by atoms with Crippen LogP contribution in [0.15, 0.2) is 12.2 Å². The molecular formula is C51H96O6. The van der Waals surface area contributed by atoms with Gasteiger partial charge in [-0.05, 0) is 44.9 Å². The van der Waals surface area contributed by atoms with Crippen molar-refractivity contribution >= 4 is 17.9 Å². The van der Waals surface area contributed by atoms with Crippen molar-refractivity contribution in [1.82, 2.24) is 0 Å². The second-order valence-corrected chi connectivity index (χ2v) is 17.1. The van der Waals surface area contributed by atoms with Gasteiger partial charge in [-0.2, -0.15) is 0 Å². The van der Waals surface area contributed by atoms with Crippen molar-refractivity contribution in [2.45, 2.75) is 284 Å². The molecule has 6 nitrogen and oxygen atoms in total. The molecule has 0 aliphatic carbocycles. The summed E-state index contributed by atoms with van der Waals surface area (Å²) >= 11 is 0. The van der Waals surface area contributed by atoms with E-state index in [1.54, 1.807) is 0 Å². The average molecular weight is 805 g/mol. The molecule has 0 N–H and O–H groups in total. The SMILES string of the molecule is CCCCCCCCC/C=C\CCCCCC(=O)OC(COC(=O)CCCCCCCCCCCC)COC(=O)CCCCCCCCCCCCCCCCC. The van der Waals surface area contributed by atoms with Gasteiger partial charge in [0.1, 0.15) is 13.2 Å². The molecule has 57 heavy (non-hydrogen) atoms. The zero-order valence-corrected chi connectivity index (χ0v) is 38.4. The molecule has 0 aliphatic heterocycles. The maximum absolute atomic E-state index is 12.7. The molecule has 0 aromatic carbocycles. The minimum Gasteiger partial charge on any atom is -0.462 e. The maximum Gasteiger partial charge on any atom is 0.306 e. The van der Waals surface area contributed by atoms with Gasteiger partial charge in [-0.15, -0.1) is 0 Å². The van der Waals surface area contributed by atoms with E-state index in [2.05, 4.69) is 32.9 Å². The van der Waals surface area contributed by atoms with Crippen molar-refractivity contribution in [3.05, 3.63) is 12.2 Å². The smallest absolute Gasteiger partial charge is 0.306 e. The van der Waals surface area contributed by atoms with Crippen LogP contribution in [0.4, 0.5) is 0 Å². The summed E-state index contributed by atoms with van der Waals surface area (Å²) in [6.07, 6.45) is 50.5. The fraction of sp³-hybridized carbons (Fsp3) is 0.902. The van der Waals surface area contributed by atoms with E-state index in [9.17, 15) is 14.4 Å². The maximum atomic E-state index is 12.7. The Labute approximate surface area is 354 Å². The molecule has 0 saturated heterocycles. The summed E-state index contributed by atoms with van der Waals surface area (Å²) in [5.41, 5.74) is 0. The van der Waals surface area contributed by atoms with E-state index in [1.807, 2.05) is 0 Å². The van der Waals surface area contributed by atoms with E-state index in [0.717, 1.165) is 70.6 Å². The molecule has 0 bridgehead atoms. The number of allylic oxidation sites excluding steroid dienone is 2. The summed E-state index contributed by atoms with van der Waals surface area (Å²) in [6, 6.07) is 0. The minimum atomic E-state index is -0.770. The fourth-order valence-corrected chi connectivity index (χ4v) is 7.44. The first kappa shape index (κ1) is 55.2. The van der Waals surface area contributed by atoms with Gasteiger partial charge >= 0.3 is 17.9 Å². The molecule has 0 radical (unpaired) electrons. The predicted molar refractivity (Wildman–Crippen MR) is 243 cm³/mol. The van der Waals surface area contributed by atoms with Gasteiger partial charge < -0.3 is 14.2 Å².